The summed E-state index contributed by atoms with van der Waals surface area (Å²) in [7, 11) is 1.62. The zero-order chi connectivity index (χ0) is 14.3. The number of nitrogens with one attached hydrogen (secondary N) is 1. The molecule has 2 aromatic carbocycles. The van der Waals surface area contributed by atoms with E-state index < -0.39 is 0 Å². The number of imidazole rings is 1. The molecule has 3 aromatic rings. The summed E-state index contributed by atoms with van der Waals surface area (Å²) in [5.41, 5.74) is 3.25. The van der Waals surface area contributed by atoms with Gasteiger partial charge in [-0.05, 0) is 55.0 Å². The van der Waals surface area contributed by atoms with Gasteiger partial charge in [-0.3, -0.25) is 4.57 Å². The van der Waals surface area contributed by atoms with Gasteiger partial charge in [-0.1, -0.05) is 0 Å². The maximum Gasteiger partial charge on any atom is 0.182 e. The van der Waals surface area contributed by atoms with Crippen molar-refractivity contribution in [3.8, 4) is 11.4 Å². The molecular formula is C15H13FN2OS. The van der Waals surface area contributed by atoms with Crippen LogP contribution in [0.15, 0.2) is 36.4 Å². The second-order valence-corrected chi connectivity index (χ2v) is 4.97. The van der Waals surface area contributed by atoms with Crippen LogP contribution in [0.1, 0.15) is 5.56 Å². The molecule has 3 nitrogen and oxygen atoms in total. The molecule has 0 spiro atoms. The SMILES string of the molecule is COc1ccc2c(c1)[nH]c(=S)n2-c1ccc(F)c(C)c1. The van der Waals surface area contributed by atoms with Crippen molar-refractivity contribution in [3.63, 3.8) is 0 Å². The maximum atomic E-state index is 13.4. The fourth-order valence-electron chi connectivity index (χ4n) is 2.24. The molecule has 0 aliphatic carbocycles. The molecule has 0 unspecified atom stereocenters. The molecule has 0 radical (unpaired) electrons. The van der Waals surface area contributed by atoms with E-state index in [1.807, 2.05) is 22.8 Å². The predicted molar refractivity (Wildman–Crippen MR) is 79.7 cm³/mol. The standard InChI is InChI=1S/C15H13FN2OS/c1-9-7-10(3-5-12(9)16)18-14-6-4-11(19-2)8-13(14)17-15(18)20/h3-8H,1-2H3,(H,17,20). The van der Waals surface area contributed by atoms with Crippen molar-refractivity contribution >= 4 is 23.3 Å². The normalized spacial score (nSPS) is 10.9. The third-order valence-corrected chi connectivity index (χ3v) is 3.57. The summed E-state index contributed by atoms with van der Waals surface area (Å²) in [5.74, 6) is 0.540. The van der Waals surface area contributed by atoms with Crippen molar-refractivity contribution < 1.29 is 9.13 Å². The molecule has 0 saturated heterocycles. The lowest BCUT2D eigenvalue weighted by molar-refractivity contribution is 0.415. The van der Waals surface area contributed by atoms with Crippen molar-refractivity contribution in [3.05, 3.63) is 52.5 Å². The first-order chi connectivity index (χ1) is 9.60. The van der Waals surface area contributed by atoms with E-state index in [1.54, 1.807) is 26.2 Å². The molecule has 1 heterocycles. The van der Waals surface area contributed by atoms with Gasteiger partial charge in [-0.15, -0.1) is 0 Å². The number of fused-ring (bicyclic) bond motifs is 1. The van der Waals surface area contributed by atoms with Crippen molar-refractivity contribution in [2.75, 3.05) is 7.11 Å². The number of halogens is 1. The molecule has 1 N–H and O–H groups in total. The summed E-state index contributed by atoms with van der Waals surface area (Å²) in [6.45, 7) is 1.74. The molecule has 0 fully saturated rings. The Hall–Kier alpha value is -2.14. The molecule has 1 aromatic heterocycles. The van der Waals surface area contributed by atoms with Crippen molar-refractivity contribution in [1.29, 1.82) is 0 Å². The van der Waals surface area contributed by atoms with E-state index >= 15 is 0 Å². The first-order valence-corrected chi connectivity index (χ1v) is 6.56. The van der Waals surface area contributed by atoms with E-state index in [2.05, 4.69) is 4.98 Å². The number of nitrogens with zero attached hydrogens (tertiary/aromatic N) is 1. The summed E-state index contributed by atoms with van der Waals surface area (Å²) in [6, 6.07) is 10.6. The van der Waals surface area contributed by atoms with Gasteiger partial charge in [0, 0.05) is 11.8 Å². The highest BCUT2D eigenvalue weighted by Crippen LogP contribution is 2.24. The highest BCUT2D eigenvalue weighted by Gasteiger charge is 2.09. The van der Waals surface area contributed by atoms with Crippen molar-refractivity contribution in [1.82, 2.24) is 9.55 Å². The summed E-state index contributed by atoms with van der Waals surface area (Å²) >= 11 is 5.36. The van der Waals surface area contributed by atoms with Gasteiger partial charge >= 0.3 is 0 Å². The summed E-state index contributed by atoms with van der Waals surface area (Å²) in [4.78, 5) is 3.14. The van der Waals surface area contributed by atoms with Crippen LogP contribution in [0.2, 0.25) is 0 Å². The van der Waals surface area contributed by atoms with Crippen LogP contribution in [0, 0.1) is 17.5 Å². The van der Waals surface area contributed by atoms with Gasteiger partial charge in [0.25, 0.3) is 0 Å². The average molecular weight is 288 g/mol. The Bertz CT molecular complexity index is 851. The first kappa shape index (κ1) is 12.9. The molecule has 102 valence electrons. The topological polar surface area (TPSA) is 29.9 Å². The zero-order valence-corrected chi connectivity index (χ0v) is 11.9. The highest BCUT2D eigenvalue weighted by molar-refractivity contribution is 7.71. The number of aryl methyl sites for hydroxylation is 1. The largest absolute Gasteiger partial charge is 0.497 e. The first-order valence-electron chi connectivity index (χ1n) is 6.15. The van der Waals surface area contributed by atoms with Crippen LogP contribution in [0.4, 0.5) is 4.39 Å². The summed E-state index contributed by atoms with van der Waals surface area (Å²) in [5, 5.41) is 0. The average Bonchev–Trinajstić information content (AvgIpc) is 2.76. The van der Waals surface area contributed by atoms with Crippen LogP contribution >= 0.6 is 12.2 Å². The van der Waals surface area contributed by atoms with E-state index in [4.69, 9.17) is 17.0 Å². The Labute approximate surface area is 120 Å². The Morgan fingerprint density at radius 1 is 1.20 bits per heavy atom. The van der Waals surface area contributed by atoms with E-state index in [1.165, 1.54) is 6.07 Å². The Balaban J connectivity index is 2.27. The second-order valence-electron chi connectivity index (χ2n) is 4.58. The molecule has 3 rings (SSSR count). The van der Waals surface area contributed by atoms with Crippen molar-refractivity contribution in [2.24, 2.45) is 0 Å². The van der Waals surface area contributed by atoms with E-state index in [-0.39, 0.29) is 5.82 Å². The number of hydrogen-bond acceptors (Lipinski definition) is 2. The fraction of sp³-hybridized carbons (Fsp3) is 0.133. The van der Waals surface area contributed by atoms with E-state index in [9.17, 15) is 4.39 Å². The lowest BCUT2D eigenvalue weighted by Gasteiger charge is -2.07. The Kier molecular flexibility index (Phi) is 3.06. The van der Waals surface area contributed by atoms with Crippen LogP contribution in [0.3, 0.4) is 0 Å². The lowest BCUT2D eigenvalue weighted by atomic mass is 10.2. The molecule has 0 bridgehead atoms. The minimum absolute atomic E-state index is 0.221. The highest BCUT2D eigenvalue weighted by atomic mass is 32.1. The predicted octanol–water partition coefficient (Wildman–Crippen LogP) is 4.14. The van der Waals surface area contributed by atoms with Gasteiger partial charge in [0.05, 0.1) is 18.1 Å². The molecular weight excluding hydrogens is 275 g/mol. The number of benzene rings is 2. The molecule has 5 heteroatoms. The van der Waals surface area contributed by atoms with Crippen LogP contribution in [0.25, 0.3) is 16.7 Å². The molecule has 0 aliphatic rings. The number of rotatable bonds is 2. The van der Waals surface area contributed by atoms with Gasteiger partial charge in [0.2, 0.25) is 0 Å². The number of aromatic amines is 1. The van der Waals surface area contributed by atoms with Crippen LogP contribution in [-0.4, -0.2) is 16.7 Å². The Morgan fingerprint density at radius 2 is 2.00 bits per heavy atom. The van der Waals surface area contributed by atoms with Gasteiger partial charge in [0.15, 0.2) is 4.77 Å². The maximum absolute atomic E-state index is 13.4. The smallest absolute Gasteiger partial charge is 0.182 e. The molecule has 0 amide bonds. The van der Waals surface area contributed by atoms with Gasteiger partial charge in [0.1, 0.15) is 11.6 Å². The molecule has 0 aliphatic heterocycles. The minimum Gasteiger partial charge on any atom is -0.497 e. The van der Waals surface area contributed by atoms with Crippen LogP contribution in [0.5, 0.6) is 5.75 Å². The van der Waals surface area contributed by atoms with Gasteiger partial charge in [-0.2, -0.15) is 0 Å². The third kappa shape index (κ3) is 2.00. The number of H-pyrrole nitrogens is 1. The molecule has 0 saturated carbocycles. The number of methoxy groups -OCH3 is 1. The van der Waals surface area contributed by atoms with Gasteiger partial charge < -0.3 is 9.72 Å². The molecule has 20 heavy (non-hydrogen) atoms. The fourth-order valence-corrected chi connectivity index (χ4v) is 2.56. The monoisotopic (exact) mass is 288 g/mol. The van der Waals surface area contributed by atoms with Crippen LogP contribution < -0.4 is 4.74 Å². The third-order valence-electron chi connectivity index (χ3n) is 3.29. The van der Waals surface area contributed by atoms with Gasteiger partial charge in [-0.25, -0.2) is 4.39 Å². The van der Waals surface area contributed by atoms with Crippen LogP contribution in [-0.2, 0) is 0 Å². The summed E-state index contributed by atoms with van der Waals surface area (Å²) in [6.07, 6.45) is 0. The number of aromatic nitrogens is 2. The summed E-state index contributed by atoms with van der Waals surface area (Å²) < 4.78 is 21.0. The molecule has 0 atom stereocenters. The van der Waals surface area contributed by atoms with Crippen molar-refractivity contribution in [2.45, 2.75) is 6.92 Å². The van der Waals surface area contributed by atoms with E-state index in [0.29, 0.717) is 10.3 Å². The lowest BCUT2D eigenvalue weighted by Crippen LogP contribution is -1.95. The minimum atomic E-state index is -0.221. The quantitative estimate of drug-likeness (QED) is 0.718. The Morgan fingerprint density at radius 3 is 2.70 bits per heavy atom. The zero-order valence-electron chi connectivity index (χ0n) is 11.1. The number of hydrogen-bond donors (Lipinski definition) is 1. The number of ether oxygens (including phenoxy) is 1. The van der Waals surface area contributed by atoms with E-state index in [0.717, 1.165) is 22.5 Å². The second kappa shape index (κ2) is 4.76.